The highest BCUT2D eigenvalue weighted by Gasteiger charge is 2.47. The highest BCUT2D eigenvalue weighted by Crippen LogP contribution is 2.29. The van der Waals surface area contributed by atoms with Gasteiger partial charge in [-0.3, -0.25) is 14.4 Å². The van der Waals surface area contributed by atoms with E-state index in [-0.39, 0.29) is 24.2 Å². The molecule has 3 rings (SSSR count). The van der Waals surface area contributed by atoms with E-state index in [1.54, 1.807) is 38.1 Å². The number of ether oxygens (including phenoxy) is 1. The van der Waals surface area contributed by atoms with Crippen molar-refractivity contribution in [2.45, 2.75) is 63.6 Å². The first kappa shape index (κ1) is 19.5. The highest BCUT2D eigenvalue weighted by molar-refractivity contribution is 6.00. The molecule has 2 N–H and O–H groups in total. The summed E-state index contributed by atoms with van der Waals surface area (Å²) in [4.78, 5) is 37.8. The van der Waals surface area contributed by atoms with E-state index in [1.807, 2.05) is 6.07 Å². The summed E-state index contributed by atoms with van der Waals surface area (Å²) in [6.07, 6.45) is 4.65. The molecule has 1 aromatic rings. The molecule has 1 aliphatic heterocycles. The van der Waals surface area contributed by atoms with Gasteiger partial charge in [-0.2, -0.15) is 0 Å². The molecule has 1 heterocycles. The fourth-order valence-electron chi connectivity index (χ4n) is 3.90. The second-order valence-corrected chi connectivity index (χ2v) is 7.85. The number of hydrogen-bond donors (Lipinski definition) is 2. The number of hydrogen-bond acceptors (Lipinski definition) is 4. The maximum atomic E-state index is 13.0. The molecule has 1 saturated carbocycles. The summed E-state index contributed by atoms with van der Waals surface area (Å²) in [6.45, 7) is 3.47. The molecule has 3 unspecified atom stereocenters. The Morgan fingerprint density at radius 1 is 1.22 bits per heavy atom. The smallest absolute Gasteiger partial charge is 0.251 e. The van der Waals surface area contributed by atoms with Gasteiger partial charge in [-0.15, -0.1) is 0 Å². The molecule has 1 aliphatic carbocycles. The quantitative estimate of drug-likeness (QED) is 0.802. The van der Waals surface area contributed by atoms with E-state index >= 15 is 0 Å². The number of nitrogens with one attached hydrogen (secondary N) is 2. The van der Waals surface area contributed by atoms with E-state index in [1.165, 1.54) is 0 Å². The Labute approximate surface area is 160 Å². The van der Waals surface area contributed by atoms with Crippen molar-refractivity contribution in [2.75, 3.05) is 6.61 Å². The van der Waals surface area contributed by atoms with E-state index in [0.29, 0.717) is 17.9 Å². The van der Waals surface area contributed by atoms with Crippen LogP contribution in [0.5, 0.6) is 0 Å². The number of amides is 2. The molecule has 1 saturated heterocycles. The van der Waals surface area contributed by atoms with Crippen molar-refractivity contribution in [3.05, 3.63) is 35.9 Å². The zero-order chi connectivity index (χ0) is 19.4. The van der Waals surface area contributed by atoms with Crippen molar-refractivity contribution in [1.82, 2.24) is 10.6 Å². The Kier molecular flexibility index (Phi) is 5.95. The molecule has 2 fully saturated rings. The number of rotatable bonds is 6. The van der Waals surface area contributed by atoms with Crippen LogP contribution in [0.1, 0.15) is 56.3 Å². The normalized spacial score (nSPS) is 26.7. The van der Waals surface area contributed by atoms with Crippen LogP contribution in [0.3, 0.4) is 0 Å². The van der Waals surface area contributed by atoms with Gasteiger partial charge in [-0.25, -0.2) is 0 Å². The minimum absolute atomic E-state index is 0.00160. The lowest BCUT2D eigenvalue weighted by Crippen LogP contribution is -2.60. The van der Waals surface area contributed by atoms with Crippen molar-refractivity contribution in [2.24, 2.45) is 5.92 Å². The molecule has 6 heteroatoms. The molecule has 1 aromatic carbocycles. The monoisotopic (exact) mass is 372 g/mol. The van der Waals surface area contributed by atoms with Crippen LogP contribution in [0.15, 0.2) is 30.3 Å². The largest absolute Gasteiger partial charge is 0.368 e. The number of carbonyl (C=O) groups excluding carboxylic acids is 3. The molecule has 0 spiro atoms. The predicted octanol–water partition coefficient (Wildman–Crippen LogP) is 2.23. The van der Waals surface area contributed by atoms with E-state index in [9.17, 15) is 14.4 Å². The van der Waals surface area contributed by atoms with Crippen molar-refractivity contribution in [1.29, 1.82) is 0 Å². The van der Waals surface area contributed by atoms with Crippen LogP contribution in [-0.2, 0) is 14.3 Å². The van der Waals surface area contributed by atoms with Crippen LogP contribution in [0.2, 0.25) is 0 Å². The topological polar surface area (TPSA) is 84.5 Å². The zero-order valence-corrected chi connectivity index (χ0v) is 16.0. The molecule has 6 nitrogen and oxygen atoms in total. The second-order valence-electron chi connectivity index (χ2n) is 7.85. The molecule has 2 amide bonds. The van der Waals surface area contributed by atoms with Gasteiger partial charge in [0, 0.05) is 5.56 Å². The fourth-order valence-corrected chi connectivity index (χ4v) is 3.90. The average molecular weight is 372 g/mol. The standard InChI is InChI=1S/C21H28N2O4/c1-14-21(2,18(24)13-27-14)23-20(26)17(12-15-8-6-7-9-15)22-19(25)16-10-4-3-5-11-16/h3-5,10-11,14-15,17H,6-9,12-13H2,1-2H3,(H,22,25)(H,23,26). The Morgan fingerprint density at radius 3 is 2.48 bits per heavy atom. The molecule has 2 aliphatic rings. The summed E-state index contributed by atoms with van der Waals surface area (Å²) >= 11 is 0. The molecule has 27 heavy (non-hydrogen) atoms. The van der Waals surface area contributed by atoms with Gasteiger partial charge in [0.2, 0.25) is 5.91 Å². The molecule has 0 radical (unpaired) electrons. The third-order valence-corrected chi connectivity index (χ3v) is 5.94. The van der Waals surface area contributed by atoms with E-state index < -0.39 is 17.7 Å². The lowest BCUT2D eigenvalue weighted by Gasteiger charge is -2.30. The van der Waals surface area contributed by atoms with Crippen molar-refractivity contribution >= 4 is 17.6 Å². The zero-order valence-electron chi connectivity index (χ0n) is 16.0. The molecular weight excluding hydrogens is 344 g/mol. The number of benzene rings is 1. The Morgan fingerprint density at radius 2 is 1.89 bits per heavy atom. The highest BCUT2D eigenvalue weighted by atomic mass is 16.5. The molecule has 0 bridgehead atoms. The van der Waals surface area contributed by atoms with Gasteiger partial charge in [0.05, 0.1) is 6.10 Å². The van der Waals surface area contributed by atoms with Crippen LogP contribution in [0.4, 0.5) is 0 Å². The first-order valence-corrected chi connectivity index (χ1v) is 9.73. The van der Waals surface area contributed by atoms with Gasteiger partial charge < -0.3 is 15.4 Å². The van der Waals surface area contributed by atoms with Gasteiger partial charge in [-0.1, -0.05) is 43.9 Å². The van der Waals surface area contributed by atoms with Gasteiger partial charge in [0.25, 0.3) is 5.91 Å². The van der Waals surface area contributed by atoms with E-state index in [2.05, 4.69) is 10.6 Å². The predicted molar refractivity (Wildman–Crippen MR) is 101 cm³/mol. The van der Waals surface area contributed by atoms with Gasteiger partial charge in [-0.05, 0) is 38.3 Å². The van der Waals surface area contributed by atoms with E-state index in [0.717, 1.165) is 25.7 Å². The van der Waals surface area contributed by atoms with Crippen molar-refractivity contribution < 1.29 is 19.1 Å². The van der Waals surface area contributed by atoms with Gasteiger partial charge in [0.15, 0.2) is 5.78 Å². The van der Waals surface area contributed by atoms with Gasteiger partial charge in [0.1, 0.15) is 18.2 Å². The summed E-state index contributed by atoms with van der Waals surface area (Å²) in [5.74, 6) is -0.324. The molecule has 0 aromatic heterocycles. The van der Waals surface area contributed by atoms with Crippen LogP contribution >= 0.6 is 0 Å². The third-order valence-electron chi connectivity index (χ3n) is 5.94. The maximum absolute atomic E-state index is 13.0. The summed E-state index contributed by atoms with van der Waals surface area (Å²) in [5.41, 5.74) is -0.538. The number of ketones is 1. The van der Waals surface area contributed by atoms with Crippen molar-refractivity contribution in [3.8, 4) is 0 Å². The maximum Gasteiger partial charge on any atom is 0.251 e. The fraction of sp³-hybridized carbons (Fsp3) is 0.571. The Balaban J connectivity index is 1.73. The van der Waals surface area contributed by atoms with E-state index in [4.69, 9.17) is 4.74 Å². The van der Waals surface area contributed by atoms with Crippen molar-refractivity contribution in [3.63, 3.8) is 0 Å². The Hall–Kier alpha value is -2.21. The third kappa shape index (κ3) is 4.38. The first-order valence-electron chi connectivity index (χ1n) is 9.73. The lowest BCUT2D eigenvalue weighted by atomic mass is 9.91. The second kappa shape index (κ2) is 8.21. The average Bonchev–Trinajstić information content (AvgIpc) is 3.26. The molecule has 146 valence electrons. The van der Waals surface area contributed by atoms with Crippen LogP contribution in [-0.4, -0.2) is 41.9 Å². The summed E-state index contributed by atoms with van der Waals surface area (Å²) in [6, 6.07) is 8.19. The first-order chi connectivity index (χ1) is 12.9. The summed E-state index contributed by atoms with van der Waals surface area (Å²) in [7, 11) is 0. The number of Topliss-reactive ketones (excluding diaryl/α,β-unsaturated/α-hetero) is 1. The van der Waals surface area contributed by atoms with Gasteiger partial charge >= 0.3 is 0 Å². The lowest BCUT2D eigenvalue weighted by molar-refractivity contribution is -0.131. The van der Waals surface area contributed by atoms with Crippen LogP contribution in [0, 0.1) is 5.92 Å². The number of carbonyl (C=O) groups is 3. The molecule has 3 atom stereocenters. The summed E-state index contributed by atoms with van der Waals surface area (Å²) in [5, 5.41) is 5.74. The molecular formula is C21H28N2O4. The summed E-state index contributed by atoms with van der Waals surface area (Å²) < 4.78 is 5.39. The van der Waals surface area contributed by atoms with Crippen LogP contribution in [0.25, 0.3) is 0 Å². The SMILES string of the molecule is CC1OCC(=O)C1(C)NC(=O)C(CC1CCCC1)NC(=O)c1ccccc1. The Bertz CT molecular complexity index is 699. The minimum atomic E-state index is -1.05. The minimum Gasteiger partial charge on any atom is -0.368 e. The van der Waals surface area contributed by atoms with Crippen LogP contribution < -0.4 is 10.6 Å².